The molecule has 0 radical (unpaired) electrons. The molecule has 0 aliphatic rings. The number of carbonyl (C=O) groups is 1. The molecule has 3 nitrogen and oxygen atoms in total. The molecule has 98 valence electrons. The summed E-state index contributed by atoms with van der Waals surface area (Å²) in [6.45, 7) is 4.73. The summed E-state index contributed by atoms with van der Waals surface area (Å²) in [6.07, 6.45) is 0.911. The highest BCUT2D eigenvalue weighted by Crippen LogP contribution is 2.22. The Hall–Kier alpha value is -0.100. The molecule has 3 N–H and O–H groups in total. The molecule has 0 saturated carbocycles. The van der Waals surface area contributed by atoms with Crippen molar-refractivity contribution in [2.75, 3.05) is 6.54 Å². The highest BCUT2D eigenvalue weighted by atomic mass is 79.9. The maximum Gasteiger partial charge on any atom is 0.261 e. The minimum atomic E-state index is -0.0354. The maximum absolute atomic E-state index is 11.8. The minimum absolute atomic E-state index is 0. The average Bonchev–Trinajstić information content (AvgIpc) is 2.63. The van der Waals surface area contributed by atoms with E-state index in [0.717, 1.165) is 10.2 Å². The summed E-state index contributed by atoms with van der Waals surface area (Å²) in [4.78, 5) is 12.5. The van der Waals surface area contributed by atoms with E-state index in [9.17, 15) is 4.79 Å². The molecular formula is C11H18BrClN2OS. The first kappa shape index (κ1) is 16.9. The largest absolute Gasteiger partial charge is 0.347 e. The SMILES string of the molecule is CC(C)CC(CN)NC(=O)c1ccc(Br)s1.Cl. The highest BCUT2D eigenvalue weighted by molar-refractivity contribution is 9.11. The van der Waals surface area contributed by atoms with Gasteiger partial charge in [0.1, 0.15) is 0 Å². The smallest absolute Gasteiger partial charge is 0.261 e. The lowest BCUT2D eigenvalue weighted by molar-refractivity contribution is 0.0938. The first-order valence-corrected chi connectivity index (χ1v) is 6.90. The predicted octanol–water partition coefficient (Wildman–Crippen LogP) is 3.04. The van der Waals surface area contributed by atoms with Gasteiger partial charge in [-0.15, -0.1) is 23.7 Å². The van der Waals surface area contributed by atoms with Gasteiger partial charge in [-0.05, 0) is 40.4 Å². The van der Waals surface area contributed by atoms with E-state index < -0.39 is 0 Å². The van der Waals surface area contributed by atoms with Gasteiger partial charge in [0.05, 0.1) is 8.66 Å². The highest BCUT2D eigenvalue weighted by Gasteiger charge is 2.14. The molecule has 6 heteroatoms. The normalized spacial score (nSPS) is 12.1. The molecule has 0 aromatic carbocycles. The second-order valence-electron chi connectivity index (χ2n) is 4.14. The van der Waals surface area contributed by atoms with Gasteiger partial charge in [-0.2, -0.15) is 0 Å². The molecule has 1 rings (SSSR count). The summed E-state index contributed by atoms with van der Waals surface area (Å²) in [7, 11) is 0. The molecule has 1 heterocycles. The number of thiophene rings is 1. The second-order valence-corrected chi connectivity index (χ2v) is 6.60. The van der Waals surface area contributed by atoms with E-state index in [1.807, 2.05) is 12.1 Å². The third-order valence-corrected chi connectivity index (χ3v) is 3.80. The molecule has 1 amide bonds. The second kappa shape index (κ2) is 8.08. The lowest BCUT2D eigenvalue weighted by Crippen LogP contribution is -2.40. The zero-order valence-electron chi connectivity index (χ0n) is 9.90. The zero-order valence-corrected chi connectivity index (χ0v) is 13.1. The van der Waals surface area contributed by atoms with Crippen molar-refractivity contribution in [1.82, 2.24) is 5.32 Å². The van der Waals surface area contributed by atoms with Gasteiger partial charge < -0.3 is 11.1 Å². The number of amides is 1. The van der Waals surface area contributed by atoms with Crippen molar-refractivity contribution in [3.8, 4) is 0 Å². The first-order chi connectivity index (χ1) is 7.52. The third kappa shape index (κ3) is 5.86. The van der Waals surface area contributed by atoms with Crippen molar-refractivity contribution in [1.29, 1.82) is 0 Å². The van der Waals surface area contributed by atoms with Gasteiger partial charge in [0.25, 0.3) is 5.91 Å². The Bertz CT molecular complexity index is 357. The molecule has 0 fully saturated rings. The summed E-state index contributed by atoms with van der Waals surface area (Å²) < 4.78 is 0.964. The van der Waals surface area contributed by atoms with Crippen molar-refractivity contribution in [2.24, 2.45) is 11.7 Å². The van der Waals surface area contributed by atoms with Gasteiger partial charge in [-0.1, -0.05) is 13.8 Å². The van der Waals surface area contributed by atoms with Gasteiger partial charge >= 0.3 is 0 Å². The summed E-state index contributed by atoms with van der Waals surface area (Å²) in [5.74, 6) is 0.496. The van der Waals surface area contributed by atoms with Gasteiger partial charge in [-0.25, -0.2) is 0 Å². The number of hydrogen-bond donors (Lipinski definition) is 2. The predicted molar refractivity (Wildman–Crippen MR) is 79.0 cm³/mol. The number of nitrogens with one attached hydrogen (secondary N) is 1. The lowest BCUT2D eigenvalue weighted by Gasteiger charge is -2.18. The van der Waals surface area contributed by atoms with Gasteiger partial charge in [0.2, 0.25) is 0 Å². The Morgan fingerprint density at radius 2 is 2.18 bits per heavy atom. The quantitative estimate of drug-likeness (QED) is 0.865. The van der Waals surface area contributed by atoms with Gasteiger partial charge in [-0.3, -0.25) is 4.79 Å². The Labute approximate surface area is 121 Å². The summed E-state index contributed by atoms with van der Waals surface area (Å²) >= 11 is 4.77. The van der Waals surface area contributed by atoms with Crippen molar-refractivity contribution in [3.63, 3.8) is 0 Å². The molecule has 0 aliphatic heterocycles. The van der Waals surface area contributed by atoms with Crippen LogP contribution in [0.25, 0.3) is 0 Å². The molecule has 0 spiro atoms. The van der Waals surface area contributed by atoms with Crippen LogP contribution < -0.4 is 11.1 Å². The molecule has 1 aromatic rings. The van der Waals surface area contributed by atoms with Crippen molar-refractivity contribution in [2.45, 2.75) is 26.3 Å². The molecule has 1 unspecified atom stereocenters. The fourth-order valence-electron chi connectivity index (χ4n) is 1.48. The topological polar surface area (TPSA) is 55.1 Å². The Morgan fingerprint density at radius 1 is 1.53 bits per heavy atom. The van der Waals surface area contributed by atoms with Crippen LogP contribution in [0.15, 0.2) is 15.9 Å². The van der Waals surface area contributed by atoms with Crippen LogP contribution in [0.2, 0.25) is 0 Å². The van der Waals surface area contributed by atoms with E-state index in [4.69, 9.17) is 5.73 Å². The Morgan fingerprint density at radius 3 is 2.59 bits per heavy atom. The van der Waals surface area contributed by atoms with Crippen LogP contribution >= 0.6 is 39.7 Å². The monoisotopic (exact) mass is 340 g/mol. The summed E-state index contributed by atoms with van der Waals surface area (Å²) in [6, 6.07) is 3.75. The molecule has 0 bridgehead atoms. The van der Waals surface area contributed by atoms with Crippen LogP contribution in [0.5, 0.6) is 0 Å². The van der Waals surface area contributed by atoms with Gasteiger partial charge in [0, 0.05) is 12.6 Å². The number of nitrogens with two attached hydrogens (primary N) is 1. The minimum Gasteiger partial charge on any atom is -0.347 e. The van der Waals surface area contributed by atoms with E-state index in [1.54, 1.807) is 0 Å². The molecule has 0 aliphatic carbocycles. The summed E-state index contributed by atoms with van der Waals surface area (Å²) in [5, 5.41) is 2.95. The van der Waals surface area contributed by atoms with E-state index >= 15 is 0 Å². The number of rotatable bonds is 5. The number of hydrogen-bond acceptors (Lipinski definition) is 3. The lowest BCUT2D eigenvalue weighted by atomic mass is 10.0. The van der Waals surface area contributed by atoms with Crippen molar-refractivity contribution in [3.05, 3.63) is 20.8 Å². The fourth-order valence-corrected chi connectivity index (χ4v) is 2.77. The van der Waals surface area contributed by atoms with Crippen molar-refractivity contribution >= 4 is 45.6 Å². The zero-order chi connectivity index (χ0) is 12.1. The van der Waals surface area contributed by atoms with Crippen LogP contribution in [-0.2, 0) is 0 Å². The molecule has 1 atom stereocenters. The number of halogens is 2. The van der Waals surface area contributed by atoms with Crippen LogP contribution in [-0.4, -0.2) is 18.5 Å². The van der Waals surface area contributed by atoms with Crippen LogP contribution in [0.1, 0.15) is 29.9 Å². The fraction of sp³-hybridized carbons (Fsp3) is 0.545. The summed E-state index contributed by atoms with van der Waals surface area (Å²) in [5.41, 5.74) is 5.63. The van der Waals surface area contributed by atoms with Crippen LogP contribution in [0, 0.1) is 5.92 Å². The Balaban J connectivity index is 0.00000256. The standard InChI is InChI=1S/C11H17BrN2OS.ClH/c1-7(2)5-8(6-13)14-11(15)9-3-4-10(12)16-9;/h3-4,7-8H,5-6,13H2,1-2H3,(H,14,15);1H. The van der Waals surface area contributed by atoms with Crippen molar-refractivity contribution < 1.29 is 4.79 Å². The van der Waals surface area contributed by atoms with E-state index in [-0.39, 0.29) is 24.4 Å². The first-order valence-electron chi connectivity index (χ1n) is 5.29. The number of carbonyl (C=O) groups excluding carboxylic acids is 1. The Kier molecular flexibility index (Phi) is 8.03. The third-order valence-electron chi connectivity index (χ3n) is 2.17. The average molecular weight is 342 g/mol. The maximum atomic E-state index is 11.8. The molecule has 1 aromatic heterocycles. The van der Waals surface area contributed by atoms with Crippen LogP contribution in [0.3, 0.4) is 0 Å². The van der Waals surface area contributed by atoms with E-state index in [0.29, 0.717) is 17.3 Å². The van der Waals surface area contributed by atoms with Crippen LogP contribution in [0.4, 0.5) is 0 Å². The van der Waals surface area contributed by atoms with Gasteiger partial charge in [0.15, 0.2) is 0 Å². The van der Waals surface area contributed by atoms with E-state index in [1.165, 1.54) is 11.3 Å². The molecular weight excluding hydrogens is 324 g/mol. The van der Waals surface area contributed by atoms with E-state index in [2.05, 4.69) is 35.1 Å². The molecule has 17 heavy (non-hydrogen) atoms. The molecule has 0 saturated heterocycles.